The number of aryl methyl sites for hydroxylation is 1. The largest absolute Gasteiger partial charge is 0.305 e. The molecule has 0 radical (unpaired) electrons. The van der Waals surface area contributed by atoms with Crippen molar-refractivity contribution in [2.24, 2.45) is 0 Å². The van der Waals surface area contributed by atoms with E-state index >= 15 is 0 Å². The standard InChI is InChI=1S/C13H13F2N3O3S/c1-22(20,21)7-6-18-5-4-12(17-18)16-13(19)10-3-2-9(14)8-11(10)15/h2-5,8H,6-7H2,1H3,(H,16,17,19). The number of rotatable bonds is 5. The van der Waals surface area contributed by atoms with Gasteiger partial charge < -0.3 is 5.32 Å². The Kier molecular flexibility index (Phi) is 4.55. The van der Waals surface area contributed by atoms with Crippen LogP contribution in [0, 0.1) is 11.6 Å². The topological polar surface area (TPSA) is 81.1 Å². The molecule has 9 heteroatoms. The fourth-order valence-electron chi connectivity index (χ4n) is 1.67. The summed E-state index contributed by atoms with van der Waals surface area (Å²) in [6.45, 7) is 0.139. The number of halogens is 2. The normalized spacial score (nSPS) is 11.4. The molecule has 0 spiro atoms. The minimum atomic E-state index is -3.12. The number of benzene rings is 1. The van der Waals surface area contributed by atoms with Crippen LogP contribution in [-0.4, -0.2) is 36.1 Å². The van der Waals surface area contributed by atoms with Gasteiger partial charge in [-0.25, -0.2) is 17.2 Å². The summed E-state index contributed by atoms with van der Waals surface area (Å²) in [5.41, 5.74) is -0.313. The summed E-state index contributed by atoms with van der Waals surface area (Å²) in [4.78, 5) is 11.9. The zero-order valence-corrected chi connectivity index (χ0v) is 12.4. The number of carbonyl (C=O) groups excluding carboxylic acids is 1. The lowest BCUT2D eigenvalue weighted by Gasteiger charge is -2.04. The Balaban J connectivity index is 2.05. The van der Waals surface area contributed by atoms with Crippen LogP contribution in [0.5, 0.6) is 0 Å². The van der Waals surface area contributed by atoms with E-state index in [-0.39, 0.29) is 23.7 Å². The Morgan fingerprint density at radius 1 is 1.32 bits per heavy atom. The number of hydrogen-bond donors (Lipinski definition) is 1. The van der Waals surface area contributed by atoms with E-state index in [1.807, 2.05) is 0 Å². The van der Waals surface area contributed by atoms with Gasteiger partial charge in [-0.1, -0.05) is 0 Å². The smallest absolute Gasteiger partial charge is 0.259 e. The van der Waals surface area contributed by atoms with Gasteiger partial charge in [-0.2, -0.15) is 5.10 Å². The molecule has 22 heavy (non-hydrogen) atoms. The molecule has 0 bridgehead atoms. The lowest BCUT2D eigenvalue weighted by atomic mass is 10.2. The fraction of sp³-hybridized carbons (Fsp3) is 0.231. The van der Waals surface area contributed by atoms with Crippen molar-refractivity contribution in [2.45, 2.75) is 6.54 Å². The van der Waals surface area contributed by atoms with E-state index in [4.69, 9.17) is 0 Å². The second-order valence-electron chi connectivity index (χ2n) is 4.67. The van der Waals surface area contributed by atoms with E-state index in [2.05, 4.69) is 10.4 Å². The molecule has 0 aliphatic heterocycles. The van der Waals surface area contributed by atoms with Crippen molar-refractivity contribution < 1.29 is 22.0 Å². The summed E-state index contributed by atoms with van der Waals surface area (Å²) >= 11 is 0. The number of aromatic nitrogens is 2. The molecular weight excluding hydrogens is 316 g/mol. The summed E-state index contributed by atoms with van der Waals surface area (Å²) in [6.07, 6.45) is 2.60. The fourth-order valence-corrected chi connectivity index (χ4v) is 2.19. The molecule has 1 amide bonds. The molecule has 1 aromatic carbocycles. The first-order valence-corrected chi connectivity index (χ1v) is 8.28. The first-order chi connectivity index (χ1) is 10.2. The van der Waals surface area contributed by atoms with Crippen LogP contribution in [0.25, 0.3) is 0 Å². The third-order valence-corrected chi connectivity index (χ3v) is 3.67. The van der Waals surface area contributed by atoms with Crippen LogP contribution >= 0.6 is 0 Å². The highest BCUT2D eigenvalue weighted by Crippen LogP contribution is 2.12. The van der Waals surface area contributed by atoms with Crippen LogP contribution in [0.1, 0.15) is 10.4 Å². The van der Waals surface area contributed by atoms with Crippen molar-refractivity contribution >= 4 is 21.6 Å². The average Bonchev–Trinajstić information content (AvgIpc) is 2.83. The van der Waals surface area contributed by atoms with Crippen LogP contribution in [0.4, 0.5) is 14.6 Å². The van der Waals surface area contributed by atoms with Crippen molar-refractivity contribution in [3.8, 4) is 0 Å². The summed E-state index contributed by atoms with van der Waals surface area (Å²) in [7, 11) is -3.12. The van der Waals surface area contributed by atoms with E-state index in [0.29, 0.717) is 6.07 Å². The van der Waals surface area contributed by atoms with Crippen molar-refractivity contribution in [3.63, 3.8) is 0 Å². The average molecular weight is 329 g/mol. The molecular formula is C13H13F2N3O3S. The van der Waals surface area contributed by atoms with Crippen LogP contribution in [0.3, 0.4) is 0 Å². The van der Waals surface area contributed by atoms with Gasteiger partial charge in [0.05, 0.1) is 17.9 Å². The van der Waals surface area contributed by atoms with Crippen molar-refractivity contribution in [3.05, 3.63) is 47.7 Å². The summed E-state index contributed by atoms with van der Waals surface area (Å²) in [5.74, 6) is -2.48. The maximum Gasteiger partial charge on any atom is 0.259 e. The molecule has 1 aromatic heterocycles. The van der Waals surface area contributed by atoms with Crippen molar-refractivity contribution in [1.82, 2.24) is 9.78 Å². The molecule has 2 aromatic rings. The molecule has 1 N–H and O–H groups in total. The molecule has 0 aliphatic carbocycles. The number of anilines is 1. The molecule has 1 heterocycles. The maximum atomic E-state index is 13.5. The molecule has 2 rings (SSSR count). The SMILES string of the molecule is CS(=O)(=O)CCn1ccc(NC(=O)c2ccc(F)cc2F)n1. The Labute approximate surface area is 125 Å². The Hall–Kier alpha value is -2.29. The zero-order chi connectivity index (χ0) is 16.3. The van der Waals surface area contributed by atoms with Crippen LogP contribution in [0.2, 0.25) is 0 Å². The highest BCUT2D eigenvalue weighted by Gasteiger charge is 2.14. The monoisotopic (exact) mass is 329 g/mol. The minimum Gasteiger partial charge on any atom is -0.305 e. The number of sulfone groups is 1. The number of hydrogen-bond acceptors (Lipinski definition) is 4. The van der Waals surface area contributed by atoms with Gasteiger partial charge in [0.25, 0.3) is 5.91 Å². The molecule has 6 nitrogen and oxygen atoms in total. The van der Waals surface area contributed by atoms with Gasteiger partial charge in [0.1, 0.15) is 21.5 Å². The molecule has 0 fully saturated rings. The predicted octanol–water partition coefficient (Wildman–Crippen LogP) is 1.46. The van der Waals surface area contributed by atoms with Gasteiger partial charge >= 0.3 is 0 Å². The van der Waals surface area contributed by atoms with Crippen LogP contribution < -0.4 is 5.32 Å². The molecule has 0 atom stereocenters. The van der Waals surface area contributed by atoms with Gasteiger partial charge in [0.15, 0.2) is 5.82 Å². The van der Waals surface area contributed by atoms with Gasteiger partial charge in [0, 0.05) is 24.6 Å². The third-order valence-electron chi connectivity index (χ3n) is 2.75. The molecule has 0 saturated carbocycles. The lowest BCUT2D eigenvalue weighted by Crippen LogP contribution is -2.15. The Bertz CT molecular complexity index is 803. The highest BCUT2D eigenvalue weighted by molar-refractivity contribution is 7.90. The van der Waals surface area contributed by atoms with E-state index in [0.717, 1.165) is 18.4 Å². The lowest BCUT2D eigenvalue weighted by molar-refractivity contribution is 0.102. The number of carbonyl (C=O) groups is 1. The van der Waals surface area contributed by atoms with Gasteiger partial charge in [0.2, 0.25) is 0 Å². The van der Waals surface area contributed by atoms with E-state index in [1.54, 1.807) is 0 Å². The quantitative estimate of drug-likeness (QED) is 0.900. The first kappa shape index (κ1) is 16.1. The molecule has 0 aliphatic rings. The number of amides is 1. The van der Waals surface area contributed by atoms with E-state index < -0.39 is 27.4 Å². The number of nitrogens with one attached hydrogen (secondary N) is 1. The van der Waals surface area contributed by atoms with Crippen molar-refractivity contribution in [1.29, 1.82) is 0 Å². The van der Waals surface area contributed by atoms with Gasteiger partial charge in [-0.15, -0.1) is 0 Å². The van der Waals surface area contributed by atoms with E-state index in [1.165, 1.54) is 16.9 Å². The Morgan fingerprint density at radius 2 is 2.05 bits per heavy atom. The summed E-state index contributed by atoms with van der Waals surface area (Å²) in [6, 6.07) is 4.06. The highest BCUT2D eigenvalue weighted by atomic mass is 32.2. The molecule has 0 unspecified atom stereocenters. The van der Waals surface area contributed by atoms with E-state index in [9.17, 15) is 22.0 Å². The Morgan fingerprint density at radius 3 is 2.68 bits per heavy atom. The third kappa shape index (κ3) is 4.35. The molecule has 0 saturated heterocycles. The predicted molar refractivity (Wildman–Crippen MR) is 76.2 cm³/mol. The van der Waals surface area contributed by atoms with Gasteiger partial charge in [-0.3, -0.25) is 9.48 Å². The maximum absolute atomic E-state index is 13.5. The molecule has 118 valence electrons. The second-order valence-corrected chi connectivity index (χ2v) is 6.93. The minimum absolute atomic E-state index is 0.0886. The first-order valence-electron chi connectivity index (χ1n) is 6.22. The number of nitrogens with zero attached hydrogens (tertiary/aromatic N) is 2. The van der Waals surface area contributed by atoms with Gasteiger partial charge in [-0.05, 0) is 12.1 Å². The van der Waals surface area contributed by atoms with Crippen LogP contribution in [0.15, 0.2) is 30.5 Å². The van der Waals surface area contributed by atoms with Crippen LogP contribution in [-0.2, 0) is 16.4 Å². The zero-order valence-electron chi connectivity index (χ0n) is 11.6. The summed E-state index contributed by atoms with van der Waals surface area (Å²) in [5, 5.41) is 6.30. The van der Waals surface area contributed by atoms with Crippen molar-refractivity contribution in [2.75, 3.05) is 17.3 Å². The second kappa shape index (κ2) is 6.22. The summed E-state index contributed by atoms with van der Waals surface area (Å²) < 4.78 is 49.7.